The molecule has 0 bridgehead atoms. The number of para-hydroxylation sites is 1. The van der Waals surface area contributed by atoms with E-state index < -0.39 is 0 Å². The van der Waals surface area contributed by atoms with Crippen LogP contribution < -0.4 is 10.2 Å². The Morgan fingerprint density at radius 2 is 1.18 bits per heavy atom. The first-order chi connectivity index (χ1) is 14.8. The Bertz CT molecular complexity index is 1020. The molecule has 1 aromatic heterocycles. The minimum absolute atomic E-state index is 0. The number of aryl methyl sites for hydroxylation is 2. The van der Waals surface area contributed by atoms with Crippen molar-refractivity contribution >= 4 is 11.9 Å². The van der Waals surface area contributed by atoms with E-state index >= 15 is 0 Å². The molecule has 0 saturated carbocycles. The van der Waals surface area contributed by atoms with Crippen LogP contribution >= 0.6 is 0 Å². The van der Waals surface area contributed by atoms with Crippen LogP contribution in [0.5, 0.6) is 11.5 Å². The first-order valence-electron chi connectivity index (χ1n) is 10.9. The summed E-state index contributed by atoms with van der Waals surface area (Å²) >= 11 is 0. The second kappa shape index (κ2) is 13.1. The second-order valence-corrected chi connectivity index (χ2v) is 10.1. The Labute approximate surface area is 225 Å². The molecule has 188 valence electrons. The van der Waals surface area contributed by atoms with Crippen LogP contribution in [0.15, 0.2) is 59.7 Å². The van der Waals surface area contributed by atoms with E-state index in [1.54, 1.807) is 24.5 Å². The largest absolute Gasteiger partial charge is 0.873 e. The first-order valence-corrected chi connectivity index (χ1v) is 10.9. The van der Waals surface area contributed by atoms with Gasteiger partial charge in [0.25, 0.3) is 0 Å². The third kappa shape index (κ3) is 8.58. The average molecular weight is 548 g/mol. The van der Waals surface area contributed by atoms with Gasteiger partial charge in [-0.2, -0.15) is 0 Å². The van der Waals surface area contributed by atoms with Crippen LogP contribution in [0.2, 0.25) is 0 Å². The van der Waals surface area contributed by atoms with E-state index in [0.717, 1.165) is 11.4 Å². The predicted octanol–water partition coefficient (Wildman–Crippen LogP) is 5.87. The van der Waals surface area contributed by atoms with E-state index in [0.29, 0.717) is 11.1 Å². The Kier molecular flexibility index (Phi) is 12.3. The molecule has 0 fully saturated rings. The fourth-order valence-electron chi connectivity index (χ4n) is 3.34. The average Bonchev–Trinajstić information content (AvgIpc) is 2.69. The molecule has 0 saturated heterocycles. The summed E-state index contributed by atoms with van der Waals surface area (Å²) < 4.78 is 0. The summed E-state index contributed by atoms with van der Waals surface area (Å²) in [7, 11) is 0. The number of hydrogen-bond donors (Lipinski definition) is 0. The van der Waals surface area contributed by atoms with Crippen molar-refractivity contribution in [2.45, 2.75) is 66.2 Å². The molecule has 3 aromatic rings. The van der Waals surface area contributed by atoms with Gasteiger partial charge in [0.15, 0.2) is 0 Å². The van der Waals surface area contributed by atoms with Crippen LogP contribution in [-0.4, -0.2) is 11.2 Å². The van der Waals surface area contributed by atoms with Gasteiger partial charge in [-0.15, -0.1) is 11.5 Å². The van der Waals surface area contributed by atoms with Crippen molar-refractivity contribution in [2.75, 3.05) is 0 Å². The summed E-state index contributed by atoms with van der Waals surface area (Å²) in [6.07, 6.45) is 3.57. The molecule has 2 radical (unpaired) electrons. The van der Waals surface area contributed by atoms with E-state index in [-0.39, 0.29) is 55.9 Å². The standard InChI is InChI=1S/C14H14N2.C14H22O2.2Co/c1-11-6-5-7-12(2)14(11)16-10-13-8-3-4-9-15-13;1-13(2,3)9-7-8-10(14(4,5)6)12(16)11(9)15;;/h3-10H,1-2H3;7-8,15-16H,1-6H3;;/p-2. The van der Waals surface area contributed by atoms with E-state index in [4.69, 9.17) is 0 Å². The smallest absolute Gasteiger partial charge is 0.0812 e. The van der Waals surface area contributed by atoms with Gasteiger partial charge in [-0.05, 0) is 47.9 Å². The molecule has 0 spiro atoms. The molecule has 3 rings (SSSR count). The van der Waals surface area contributed by atoms with Gasteiger partial charge in [0.2, 0.25) is 0 Å². The third-order valence-corrected chi connectivity index (χ3v) is 5.18. The number of pyridine rings is 1. The molecular formula is C28H34Co2N2O2-2. The van der Waals surface area contributed by atoms with Crippen molar-refractivity contribution in [3.63, 3.8) is 0 Å². The van der Waals surface area contributed by atoms with Crippen LogP contribution in [0, 0.1) is 13.8 Å². The monoisotopic (exact) mass is 548 g/mol. The van der Waals surface area contributed by atoms with Crippen molar-refractivity contribution in [1.29, 1.82) is 0 Å². The summed E-state index contributed by atoms with van der Waals surface area (Å²) in [5, 5.41) is 23.9. The molecule has 34 heavy (non-hydrogen) atoms. The zero-order valence-corrected chi connectivity index (χ0v) is 23.2. The molecule has 6 heteroatoms. The molecule has 0 aliphatic carbocycles. The summed E-state index contributed by atoms with van der Waals surface area (Å²) in [6.45, 7) is 15.8. The first kappa shape index (κ1) is 31.9. The minimum atomic E-state index is -0.347. The molecule has 0 atom stereocenters. The maximum atomic E-state index is 12.0. The van der Waals surface area contributed by atoms with E-state index in [2.05, 4.69) is 36.0 Å². The van der Waals surface area contributed by atoms with Crippen molar-refractivity contribution in [3.8, 4) is 11.5 Å². The van der Waals surface area contributed by atoms with E-state index in [1.165, 1.54) is 11.1 Å². The number of aliphatic imine (C=N–C) groups is 1. The van der Waals surface area contributed by atoms with Crippen molar-refractivity contribution in [2.24, 2.45) is 4.99 Å². The van der Waals surface area contributed by atoms with Gasteiger partial charge in [0.1, 0.15) is 0 Å². The fourth-order valence-corrected chi connectivity index (χ4v) is 3.34. The zero-order valence-electron chi connectivity index (χ0n) is 21.2. The van der Waals surface area contributed by atoms with Crippen LogP contribution in [0.4, 0.5) is 5.69 Å². The zero-order chi connectivity index (χ0) is 24.1. The molecule has 1 heterocycles. The Morgan fingerprint density at radius 3 is 1.56 bits per heavy atom. The number of hydrogen-bond acceptors (Lipinski definition) is 4. The molecule has 2 aromatic carbocycles. The summed E-state index contributed by atoms with van der Waals surface area (Å²) in [5.41, 5.74) is 4.95. The van der Waals surface area contributed by atoms with E-state index in [1.807, 2.05) is 65.8 Å². The Balaban J connectivity index is 0.000000605. The number of benzene rings is 2. The van der Waals surface area contributed by atoms with Crippen LogP contribution in [0.3, 0.4) is 0 Å². The van der Waals surface area contributed by atoms with Gasteiger partial charge < -0.3 is 10.2 Å². The van der Waals surface area contributed by atoms with Gasteiger partial charge in [-0.25, -0.2) is 0 Å². The van der Waals surface area contributed by atoms with Crippen molar-refractivity contribution in [1.82, 2.24) is 4.98 Å². The molecule has 4 nitrogen and oxygen atoms in total. The summed E-state index contributed by atoms with van der Waals surface area (Å²) in [5.74, 6) is -0.695. The van der Waals surface area contributed by atoms with Gasteiger partial charge in [0, 0.05) is 39.8 Å². The molecule has 0 aliphatic heterocycles. The van der Waals surface area contributed by atoms with Crippen LogP contribution in [-0.2, 0) is 44.4 Å². The van der Waals surface area contributed by atoms with E-state index in [9.17, 15) is 10.2 Å². The van der Waals surface area contributed by atoms with Gasteiger partial charge in [0.05, 0.1) is 17.6 Å². The Morgan fingerprint density at radius 1 is 0.706 bits per heavy atom. The second-order valence-electron chi connectivity index (χ2n) is 10.1. The van der Waals surface area contributed by atoms with Crippen LogP contribution in [0.1, 0.15) is 69.5 Å². The minimum Gasteiger partial charge on any atom is -0.873 e. The molecule has 0 amide bonds. The van der Waals surface area contributed by atoms with Crippen molar-refractivity contribution < 1.29 is 43.8 Å². The molecular weight excluding hydrogens is 514 g/mol. The fraction of sp³-hybridized carbons (Fsp3) is 0.357. The summed E-state index contributed by atoms with van der Waals surface area (Å²) in [4.78, 5) is 8.69. The number of rotatable bonds is 2. The summed E-state index contributed by atoms with van der Waals surface area (Å²) in [6, 6.07) is 15.6. The number of aromatic nitrogens is 1. The molecule has 0 N–H and O–H groups in total. The maximum Gasteiger partial charge on any atom is 0.0812 e. The van der Waals surface area contributed by atoms with Gasteiger partial charge >= 0.3 is 0 Å². The van der Waals surface area contributed by atoms with Crippen molar-refractivity contribution in [3.05, 3.63) is 82.7 Å². The Hall–Kier alpha value is -2.13. The quantitative estimate of drug-likeness (QED) is 0.376. The maximum absolute atomic E-state index is 12.0. The topological polar surface area (TPSA) is 71.4 Å². The van der Waals surface area contributed by atoms with Crippen LogP contribution in [0.25, 0.3) is 0 Å². The predicted molar refractivity (Wildman–Crippen MR) is 130 cm³/mol. The number of nitrogens with zero attached hydrogens (tertiary/aromatic N) is 2. The SMILES string of the molecule is CC(C)(C)c1ccc(C(C)(C)C)c([O-])c1[O-].Cc1cccc(C)c1N=Cc1ccccn1.[Co].[Co]. The molecule has 0 aliphatic rings. The molecule has 0 unspecified atom stereocenters. The third-order valence-electron chi connectivity index (χ3n) is 5.18. The van der Waals surface area contributed by atoms with Gasteiger partial charge in [-0.3, -0.25) is 9.98 Å². The normalized spacial score (nSPS) is 11.2. The van der Waals surface area contributed by atoms with Gasteiger partial charge in [-0.1, -0.05) is 89.1 Å².